The van der Waals surface area contributed by atoms with E-state index in [4.69, 9.17) is 0 Å². The molecule has 1 aliphatic carbocycles. The lowest BCUT2D eigenvalue weighted by Gasteiger charge is -2.15. The minimum Gasteiger partial charge on any atom is -0.103 e. The third-order valence-electron chi connectivity index (χ3n) is 2.39. The average Bonchev–Trinajstić information content (AvgIpc) is 1.92. The third-order valence-corrected chi connectivity index (χ3v) is 2.39. The Labute approximate surface area is 64.0 Å². The fourth-order valence-electron chi connectivity index (χ4n) is 1.31. The first-order chi connectivity index (χ1) is 4.80. The molecular formula is C10H16. The molecule has 1 aliphatic rings. The van der Waals surface area contributed by atoms with Gasteiger partial charge >= 0.3 is 0 Å². The van der Waals surface area contributed by atoms with Crippen molar-refractivity contribution in [3.8, 4) is 11.8 Å². The van der Waals surface area contributed by atoms with Gasteiger partial charge in [0.15, 0.2) is 0 Å². The summed E-state index contributed by atoms with van der Waals surface area (Å²) < 4.78 is 0. The van der Waals surface area contributed by atoms with Gasteiger partial charge in [-0.2, -0.15) is 0 Å². The fourth-order valence-corrected chi connectivity index (χ4v) is 1.31. The minimum atomic E-state index is 0.625. The highest BCUT2D eigenvalue weighted by atomic mass is 14.1. The second kappa shape index (κ2) is 3.66. The first-order valence-corrected chi connectivity index (χ1v) is 4.29. The largest absolute Gasteiger partial charge is 0.103 e. The van der Waals surface area contributed by atoms with Crippen LogP contribution in [0.3, 0.4) is 0 Å². The van der Waals surface area contributed by atoms with Crippen LogP contribution in [0.2, 0.25) is 0 Å². The van der Waals surface area contributed by atoms with Gasteiger partial charge in [0, 0.05) is 12.3 Å². The van der Waals surface area contributed by atoms with E-state index in [1.807, 2.05) is 0 Å². The van der Waals surface area contributed by atoms with E-state index in [2.05, 4.69) is 25.7 Å². The molecule has 0 heteroatoms. The van der Waals surface area contributed by atoms with Crippen LogP contribution in [0.25, 0.3) is 0 Å². The highest BCUT2D eigenvalue weighted by molar-refractivity contribution is 5.04. The van der Waals surface area contributed by atoms with Crippen molar-refractivity contribution in [2.24, 2.45) is 11.8 Å². The van der Waals surface area contributed by atoms with Crippen molar-refractivity contribution in [1.82, 2.24) is 0 Å². The molecule has 10 heavy (non-hydrogen) atoms. The van der Waals surface area contributed by atoms with Gasteiger partial charge in [-0.3, -0.25) is 0 Å². The summed E-state index contributed by atoms with van der Waals surface area (Å²) in [4.78, 5) is 0. The van der Waals surface area contributed by atoms with Crippen molar-refractivity contribution < 1.29 is 0 Å². The van der Waals surface area contributed by atoms with E-state index in [1.54, 1.807) is 0 Å². The summed E-state index contributed by atoms with van der Waals surface area (Å²) >= 11 is 0. The number of hydrogen-bond donors (Lipinski definition) is 0. The molecule has 56 valence electrons. The fraction of sp³-hybridized carbons (Fsp3) is 0.800. The highest BCUT2D eigenvalue weighted by Gasteiger charge is 2.09. The standard InChI is InChI=1S/C10H16/c1-9-7-5-3-4-6-8-10(9)2/h9-10H,3-5,7H2,1-2H3. The van der Waals surface area contributed by atoms with Gasteiger partial charge in [-0.05, 0) is 18.8 Å². The molecule has 0 fully saturated rings. The number of hydrogen-bond acceptors (Lipinski definition) is 0. The Kier molecular flexibility index (Phi) is 2.81. The smallest absolute Gasteiger partial charge is 0.0200 e. The zero-order valence-corrected chi connectivity index (χ0v) is 6.98. The predicted octanol–water partition coefficient (Wildman–Crippen LogP) is 2.84. The van der Waals surface area contributed by atoms with Crippen molar-refractivity contribution in [3.63, 3.8) is 0 Å². The van der Waals surface area contributed by atoms with Gasteiger partial charge < -0.3 is 0 Å². The van der Waals surface area contributed by atoms with Gasteiger partial charge in [0.2, 0.25) is 0 Å². The monoisotopic (exact) mass is 136 g/mol. The quantitative estimate of drug-likeness (QED) is 0.449. The van der Waals surface area contributed by atoms with Crippen LogP contribution in [0, 0.1) is 23.7 Å². The Morgan fingerprint density at radius 1 is 1.20 bits per heavy atom. The molecule has 0 saturated heterocycles. The maximum Gasteiger partial charge on any atom is 0.0200 e. The molecule has 0 spiro atoms. The van der Waals surface area contributed by atoms with Gasteiger partial charge in [-0.25, -0.2) is 0 Å². The molecule has 0 radical (unpaired) electrons. The van der Waals surface area contributed by atoms with Crippen LogP contribution in [0.4, 0.5) is 0 Å². The molecule has 1 rings (SSSR count). The van der Waals surface area contributed by atoms with E-state index in [1.165, 1.54) is 19.3 Å². The lowest BCUT2D eigenvalue weighted by molar-refractivity contribution is 0.416. The maximum atomic E-state index is 3.28. The van der Waals surface area contributed by atoms with Crippen LogP contribution in [-0.4, -0.2) is 0 Å². The molecular weight excluding hydrogens is 120 g/mol. The van der Waals surface area contributed by atoms with Gasteiger partial charge in [-0.1, -0.05) is 26.2 Å². The topological polar surface area (TPSA) is 0 Å². The summed E-state index contributed by atoms with van der Waals surface area (Å²) in [5.41, 5.74) is 0. The van der Waals surface area contributed by atoms with Crippen molar-refractivity contribution in [1.29, 1.82) is 0 Å². The van der Waals surface area contributed by atoms with E-state index >= 15 is 0 Å². The summed E-state index contributed by atoms with van der Waals surface area (Å²) in [6.07, 6.45) is 5.18. The van der Waals surface area contributed by atoms with E-state index in [-0.39, 0.29) is 0 Å². The second-order valence-corrected chi connectivity index (χ2v) is 3.33. The molecule has 0 aliphatic heterocycles. The van der Waals surface area contributed by atoms with Crippen LogP contribution < -0.4 is 0 Å². The van der Waals surface area contributed by atoms with Gasteiger partial charge in [0.25, 0.3) is 0 Å². The van der Waals surface area contributed by atoms with E-state index in [9.17, 15) is 0 Å². The minimum absolute atomic E-state index is 0.625. The lowest BCUT2D eigenvalue weighted by Crippen LogP contribution is -2.06. The Morgan fingerprint density at radius 3 is 2.80 bits per heavy atom. The Morgan fingerprint density at radius 2 is 2.00 bits per heavy atom. The Bertz CT molecular complexity index is 147. The van der Waals surface area contributed by atoms with E-state index < -0.39 is 0 Å². The van der Waals surface area contributed by atoms with Gasteiger partial charge in [0.05, 0.1) is 0 Å². The molecule has 0 heterocycles. The van der Waals surface area contributed by atoms with Crippen molar-refractivity contribution >= 4 is 0 Å². The molecule has 0 N–H and O–H groups in total. The Balaban J connectivity index is 2.51. The van der Waals surface area contributed by atoms with E-state index in [0.29, 0.717) is 5.92 Å². The zero-order valence-electron chi connectivity index (χ0n) is 6.98. The molecule has 0 saturated carbocycles. The van der Waals surface area contributed by atoms with Crippen LogP contribution in [-0.2, 0) is 0 Å². The molecule has 0 amide bonds. The first-order valence-electron chi connectivity index (χ1n) is 4.29. The first kappa shape index (κ1) is 7.66. The van der Waals surface area contributed by atoms with Crippen molar-refractivity contribution in [2.45, 2.75) is 39.5 Å². The third kappa shape index (κ3) is 2.06. The summed E-state index contributed by atoms with van der Waals surface area (Å²) in [7, 11) is 0. The van der Waals surface area contributed by atoms with Gasteiger partial charge in [0.1, 0.15) is 0 Å². The Hall–Kier alpha value is -0.440. The van der Waals surface area contributed by atoms with Crippen LogP contribution in [0.5, 0.6) is 0 Å². The maximum absolute atomic E-state index is 3.28. The second-order valence-electron chi connectivity index (χ2n) is 3.33. The van der Waals surface area contributed by atoms with Crippen molar-refractivity contribution in [2.75, 3.05) is 0 Å². The molecule has 0 aromatic rings. The summed E-state index contributed by atoms with van der Waals surface area (Å²) in [6, 6.07) is 0. The predicted molar refractivity (Wildman–Crippen MR) is 44.6 cm³/mol. The summed E-state index contributed by atoms with van der Waals surface area (Å²) in [6.45, 7) is 4.55. The average molecular weight is 136 g/mol. The van der Waals surface area contributed by atoms with Crippen molar-refractivity contribution in [3.05, 3.63) is 0 Å². The summed E-state index contributed by atoms with van der Waals surface area (Å²) in [5.74, 6) is 7.94. The molecule has 0 nitrogen and oxygen atoms in total. The molecule has 2 unspecified atom stereocenters. The zero-order chi connectivity index (χ0) is 7.40. The SMILES string of the molecule is CC1C#CCCCCC1C. The van der Waals surface area contributed by atoms with E-state index in [0.717, 1.165) is 12.3 Å². The van der Waals surface area contributed by atoms with Gasteiger partial charge in [-0.15, -0.1) is 5.92 Å². The van der Waals surface area contributed by atoms with Crippen LogP contribution >= 0.6 is 0 Å². The summed E-state index contributed by atoms with van der Waals surface area (Å²) in [5, 5.41) is 0. The highest BCUT2D eigenvalue weighted by Crippen LogP contribution is 2.19. The molecule has 2 atom stereocenters. The number of rotatable bonds is 0. The molecule has 0 aromatic carbocycles. The molecule has 0 aromatic heterocycles. The molecule has 0 bridgehead atoms. The lowest BCUT2D eigenvalue weighted by atomic mass is 9.89. The normalized spacial score (nSPS) is 33.4. The van der Waals surface area contributed by atoms with Crippen LogP contribution in [0.1, 0.15) is 39.5 Å². The van der Waals surface area contributed by atoms with Crippen LogP contribution in [0.15, 0.2) is 0 Å².